The van der Waals surface area contributed by atoms with Gasteiger partial charge in [-0.25, -0.2) is 8.42 Å². The lowest BCUT2D eigenvalue weighted by Gasteiger charge is -1.98. The molecule has 0 aliphatic heterocycles. The molecule has 7 heteroatoms. The van der Waals surface area contributed by atoms with Crippen molar-refractivity contribution in [3.63, 3.8) is 0 Å². The van der Waals surface area contributed by atoms with E-state index in [0.717, 1.165) is 26.7 Å². The summed E-state index contributed by atoms with van der Waals surface area (Å²) in [6.07, 6.45) is 3.08. The van der Waals surface area contributed by atoms with Crippen molar-refractivity contribution in [1.82, 2.24) is 0 Å². The molecule has 0 rings (SSSR count). The first-order valence-electron chi connectivity index (χ1n) is 4.65. The van der Waals surface area contributed by atoms with Crippen molar-refractivity contribution in [3.8, 4) is 0 Å². The molecule has 0 saturated carbocycles. The summed E-state index contributed by atoms with van der Waals surface area (Å²) in [7, 11) is -3.60. The summed E-state index contributed by atoms with van der Waals surface area (Å²) >= 11 is 0. The van der Waals surface area contributed by atoms with Gasteiger partial charge in [0.1, 0.15) is 0 Å². The topological polar surface area (TPSA) is 78.7 Å². The van der Waals surface area contributed by atoms with E-state index in [1.165, 1.54) is 0 Å². The van der Waals surface area contributed by atoms with Gasteiger partial charge in [0, 0.05) is 6.42 Å². The molecule has 0 spiro atoms. The Hall–Kier alpha value is -0.660. The fraction of sp³-hybridized carbons (Fsp3) is 0.875. The van der Waals surface area contributed by atoms with Crippen LogP contribution in [0.15, 0.2) is 0 Å². The maximum atomic E-state index is 9.22. The minimum atomic E-state index is -4.41. The third-order valence-electron chi connectivity index (χ3n) is 1.20. The number of nitrogens with zero attached hydrogens (tertiary/aromatic N) is 1. The van der Waals surface area contributed by atoms with E-state index in [2.05, 4.69) is 18.0 Å². The highest BCUT2D eigenvalue weighted by Gasteiger charge is 1.95. The van der Waals surface area contributed by atoms with Crippen LogP contribution in [0.4, 0.5) is 0 Å². The first kappa shape index (κ1) is 16.8. The molecular weight excluding hydrogens is 222 g/mol. The van der Waals surface area contributed by atoms with Crippen molar-refractivity contribution in [3.05, 3.63) is 0 Å². The Morgan fingerprint density at radius 1 is 1.33 bits per heavy atom. The first-order valence-corrected chi connectivity index (χ1v) is 5.98. The molecule has 0 saturated heterocycles. The van der Waals surface area contributed by atoms with E-state index in [1.54, 1.807) is 0 Å². The molecule has 0 aliphatic carbocycles. The normalized spacial score (nSPS) is 11.7. The van der Waals surface area contributed by atoms with Crippen molar-refractivity contribution in [2.75, 3.05) is 20.3 Å². The molecule has 15 heavy (non-hydrogen) atoms. The standard InChI is InChI=1S/C7H16NO.CH4O4S/c1-4-7-8(5-2)9-6-3;1-5-6(2,3)4/h7H,4-6H2,1-3H3;1H3,(H,2,3,4)/q+1;/p-1. The van der Waals surface area contributed by atoms with Crippen molar-refractivity contribution in [1.29, 1.82) is 0 Å². The maximum Gasteiger partial charge on any atom is 0.217 e. The van der Waals surface area contributed by atoms with Crippen LogP contribution < -0.4 is 0 Å². The van der Waals surface area contributed by atoms with Crippen LogP contribution in [0.2, 0.25) is 0 Å². The van der Waals surface area contributed by atoms with E-state index in [1.807, 2.05) is 17.9 Å². The summed E-state index contributed by atoms with van der Waals surface area (Å²) in [5, 5.41) is 0. The molecule has 0 aliphatic rings. The third kappa shape index (κ3) is 16.0. The Bertz CT molecular complexity index is 260. The smallest absolute Gasteiger partial charge is 0.217 e. The second-order valence-electron chi connectivity index (χ2n) is 2.32. The van der Waals surface area contributed by atoms with Gasteiger partial charge in [0.05, 0.1) is 7.11 Å². The lowest BCUT2D eigenvalue weighted by atomic mass is 10.5. The van der Waals surface area contributed by atoms with Crippen LogP contribution in [0.3, 0.4) is 0 Å². The van der Waals surface area contributed by atoms with Crippen molar-refractivity contribution >= 4 is 16.6 Å². The summed E-state index contributed by atoms with van der Waals surface area (Å²) in [5.74, 6) is 0. The Morgan fingerprint density at radius 3 is 2.00 bits per heavy atom. The van der Waals surface area contributed by atoms with E-state index in [9.17, 15) is 13.0 Å². The average Bonchev–Trinajstić information content (AvgIpc) is 2.17. The van der Waals surface area contributed by atoms with Crippen LogP contribution in [0.5, 0.6) is 0 Å². The Kier molecular flexibility index (Phi) is 11.0. The predicted octanol–water partition coefficient (Wildman–Crippen LogP) is 0.544. The lowest BCUT2D eigenvalue weighted by Crippen LogP contribution is -2.12. The van der Waals surface area contributed by atoms with Gasteiger partial charge in [-0.05, 0) is 18.6 Å². The highest BCUT2D eigenvalue weighted by molar-refractivity contribution is 7.80. The van der Waals surface area contributed by atoms with Gasteiger partial charge in [0.15, 0.2) is 19.4 Å². The van der Waals surface area contributed by atoms with E-state index in [4.69, 9.17) is 4.84 Å². The van der Waals surface area contributed by atoms with Gasteiger partial charge >= 0.3 is 0 Å². The Morgan fingerprint density at radius 2 is 1.80 bits per heavy atom. The quantitative estimate of drug-likeness (QED) is 0.231. The van der Waals surface area contributed by atoms with Gasteiger partial charge in [-0.1, -0.05) is 6.92 Å². The van der Waals surface area contributed by atoms with Gasteiger partial charge in [0.25, 0.3) is 0 Å². The first-order chi connectivity index (χ1) is 6.91. The molecule has 0 N–H and O–H groups in total. The summed E-state index contributed by atoms with van der Waals surface area (Å²) in [6, 6.07) is 0. The summed E-state index contributed by atoms with van der Waals surface area (Å²) < 4.78 is 32.9. The molecular formula is C8H19NO5S. The van der Waals surface area contributed by atoms with Gasteiger partial charge in [-0.15, -0.1) is 0 Å². The molecule has 0 fully saturated rings. The molecule has 0 aromatic heterocycles. The van der Waals surface area contributed by atoms with Crippen LogP contribution in [0.1, 0.15) is 27.2 Å². The molecule has 0 aromatic rings. The summed E-state index contributed by atoms with van der Waals surface area (Å²) in [6.45, 7) is 7.85. The highest BCUT2D eigenvalue weighted by Crippen LogP contribution is 1.78. The lowest BCUT2D eigenvalue weighted by molar-refractivity contribution is -0.782. The third-order valence-corrected chi connectivity index (χ3v) is 1.61. The molecule has 0 heterocycles. The number of rotatable bonds is 5. The van der Waals surface area contributed by atoms with Gasteiger partial charge in [-0.3, -0.25) is 9.02 Å². The largest absolute Gasteiger partial charge is 0.726 e. The van der Waals surface area contributed by atoms with Crippen LogP contribution in [-0.2, 0) is 19.4 Å². The summed E-state index contributed by atoms with van der Waals surface area (Å²) in [4.78, 5) is 5.21. The molecule has 0 amide bonds. The molecule has 0 bridgehead atoms. The predicted molar refractivity (Wildman–Crippen MR) is 55.5 cm³/mol. The minimum Gasteiger partial charge on any atom is -0.726 e. The van der Waals surface area contributed by atoms with Crippen molar-refractivity contribution < 1.29 is 26.7 Å². The second-order valence-corrected chi connectivity index (χ2v) is 3.47. The van der Waals surface area contributed by atoms with E-state index < -0.39 is 10.4 Å². The van der Waals surface area contributed by atoms with Gasteiger partial charge in [-0.2, -0.15) is 0 Å². The number of hydrogen-bond donors (Lipinski definition) is 0. The van der Waals surface area contributed by atoms with E-state index >= 15 is 0 Å². The fourth-order valence-corrected chi connectivity index (χ4v) is 0.643. The van der Waals surface area contributed by atoms with Crippen molar-refractivity contribution in [2.24, 2.45) is 0 Å². The minimum absolute atomic E-state index is 0.754. The monoisotopic (exact) mass is 241 g/mol. The fourth-order valence-electron chi connectivity index (χ4n) is 0.643. The Labute approximate surface area is 91.4 Å². The number of hydroxylamine groups is 1. The van der Waals surface area contributed by atoms with E-state index in [-0.39, 0.29) is 0 Å². The van der Waals surface area contributed by atoms with Crippen LogP contribution in [0.25, 0.3) is 0 Å². The van der Waals surface area contributed by atoms with Crippen LogP contribution >= 0.6 is 0 Å². The highest BCUT2D eigenvalue weighted by atomic mass is 32.3. The zero-order chi connectivity index (χ0) is 12.3. The Balaban J connectivity index is 0. The molecule has 0 unspecified atom stereocenters. The summed E-state index contributed by atoms with van der Waals surface area (Å²) in [5.41, 5.74) is 0. The van der Waals surface area contributed by atoms with E-state index in [0.29, 0.717) is 0 Å². The van der Waals surface area contributed by atoms with Crippen LogP contribution in [-0.4, -0.2) is 44.2 Å². The molecule has 92 valence electrons. The number of hydrogen-bond acceptors (Lipinski definition) is 5. The van der Waals surface area contributed by atoms with Gasteiger partial charge < -0.3 is 4.55 Å². The molecule has 6 nitrogen and oxygen atoms in total. The average molecular weight is 241 g/mol. The molecule has 0 aromatic carbocycles. The van der Waals surface area contributed by atoms with Crippen molar-refractivity contribution in [2.45, 2.75) is 27.2 Å². The molecule has 0 atom stereocenters. The van der Waals surface area contributed by atoms with Gasteiger partial charge in [0.2, 0.25) is 10.4 Å². The SMILES string of the molecule is CCC=[N+](CC)OCC.COS(=O)(=O)[O-]. The zero-order valence-corrected chi connectivity index (χ0v) is 10.4. The molecule has 0 radical (unpaired) electrons. The zero-order valence-electron chi connectivity index (χ0n) is 9.60. The second kappa shape index (κ2) is 9.88. The van der Waals surface area contributed by atoms with Crippen LogP contribution in [0, 0.1) is 0 Å². The maximum absolute atomic E-state index is 9.22.